The van der Waals surface area contributed by atoms with E-state index in [1.165, 1.54) is 25.0 Å². The Kier molecular flexibility index (Phi) is 3.90. The van der Waals surface area contributed by atoms with Crippen LogP contribution in [-0.2, 0) is 4.74 Å². The van der Waals surface area contributed by atoms with Gasteiger partial charge in [0, 0.05) is 30.7 Å². The minimum absolute atomic E-state index is 0.157. The number of rotatable bonds is 2. The van der Waals surface area contributed by atoms with Crippen molar-refractivity contribution in [2.24, 2.45) is 5.92 Å². The van der Waals surface area contributed by atoms with Gasteiger partial charge in [-0.2, -0.15) is 11.8 Å². The summed E-state index contributed by atoms with van der Waals surface area (Å²) in [7, 11) is 2.16. The molecule has 0 bridgehead atoms. The minimum Gasteiger partial charge on any atom is -0.391 e. The Labute approximate surface area is 114 Å². The van der Waals surface area contributed by atoms with Gasteiger partial charge in [-0.05, 0) is 45.1 Å². The average molecular weight is 271 g/mol. The lowest BCUT2D eigenvalue weighted by Crippen LogP contribution is -2.54. The molecule has 18 heavy (non-hydrogen) atoms. The second kappa shape index (κ2) is 5.31. The molecule has 2 saturated heterocycles. The van der Waals surface area contributed by atoms with Gasteiger partial charge in [-0.25, -0.2) is 0 Å². The van der Waals surface area contributed by atoms with Crippen molar-refractivity contribution < 1.29 is 9.84 Å². The van der Waals surface area contributed by atoms with Crippen LogP contribution in [0.25, 0.3) is 0 Å². The number of nitrogens with zero attached hydrogens (tertiary/aromatic N) is 1. The molecular weight excluding hydrogens is 246 g/mol. The third-order valence-corrected chi connectivity index (χ3v) is 6.16. The molecule has 4 heteroatoms. The number of ether oxygens (including phenoxy) is 1. The van der Waals surface area contributed by atoms with E-state index in [0.29, 0.717) is 12.0 Å². The smallest absolute Gasteiger partial charge is 0.0733 e. The molecule has 1 N–H and O–H groups in total. The topological polar surface area (TPSA) is 32.7 Å². The van der Waals surface area contributed by atoms with Crippen LogP contribution in [0.4, 0.5) is 0 Å². The molecule has 3 unspecified atom stereocenters. The number of thioether (sulfide) groups is 1. The lowest BCUT2D eigenvalue weighted by Gasteiger charge is -2.49. The molecule has 0 aromatic carbocycles. The number of likely N-dealkylation sites (N-methyl/N-ethyl adjacent to an activating group) is 1. The van der Waals surface area contributed by atoms with E-state index in [1.54, 1.807) is 0 Å². The van der Waals surface area contributed by atoms with E-state index < -0.39 is 0 Å². The molecule has 0 aromatic heterocycles. The third kappa shape index (κ3) is 2.45. The van der Waals surface area contributed by atoms with Crippen molar-refractivity contribution in [2.75, 3.05) is 31.7 Å². The van der Waals surface area contributed by atoms with Crippen LogP contribution < -0.4 is 0 Å². The van der Waals surface area contributed by atoms with Crippen molar-refractivity contribution in [1.29, 1.82) is 0 Å². The Morgan fingerprint density at radius 3 is 2.94 bits per heavy atom. The van der Waals surface area contributed by atoms with E-state index in [4.69, 9.17) is 4.74 Å². The summed E-state index contributed by atoms with van der Waals surface area (Å²) in [6.07, 6.45) is 5.70. The Bertz CT molecular complexity index is 296. The van der Waals surface area contributed by atoms with Crippen molar-refractivity contribution in [3.05, 3.63) is 0 Å². The number of hydrogen-bond donors (Lipinski definition) is 1. The lowest BCUT2D eigenvalue weighted by atomic mass is 9.70. The van der Waals surface area contributed by atoms with E-state index in [9.17, 15) is 5.11 Å². The van der Waals surface area contributed by atoms with Crippen LogP contribution in [0, 0.1) is 5.92 Å². The highest BCUT2D eigenvalue weighted by Gasteiger charge is 2.45. The quantitative estimate of drug-likeness (QED) is 0.829. The third-order valence-electron chi connectivity index (χ3n) is 5.12. The zero-order valence-electron chi connectivity index (χ0n) is 11.3. The fraction of sp³-hybridized carbons (Fsp3) is 1.00. The number of aliphatic hydroxyl groups is 1. The molecule has 2 heterocycles. The highest BCUT2D eigenvalue weighted by atomic mass is 32.2. The molecule has 0 amide bonds. The maximum absolute atomic E-state index is 10.7. The maximum atomic E-state index is 10.7. The second-order valence-electron chi connectivity index (χ2n) is 6.25. The van der Waals surface area contributed by atoms with E-state index in [1.807, 2.05) is 11.8 Å². The van der Waals surface area contributed by atoms with Gasteiger partial charge in [0.05, 0.1) is 11.7 Å². The van der Waals surface area contributed by atoms with Crippen molar-refractivity contribution in [1.82, 2.24) is 4.90 Å². The van der Waals surface area contributed by atoms with Gasteiger partial charge in [0.2, 0.25) is 0 Å². The first-order valence-corrected chi connectivity index (χ1v) is 8.46. The van der Waals surface area contributed by atoms with Crippen LogP contribution in [0.2, 0.25) is 0 Å². The zero-order chi connectivity index (χ0) is 12.6. The summed E-state index contributed by atoms with van der Waals surface area (Å²) >= 11 is 1.99. The van der Waals surface area contributed by atoms with Gasteiger partial charge in [-0.3, -0.25) is 4.90 Å². The molecule has 2 aliphatic heterocycles. The Balaban J connectivity index is 1.62. The summed E-state index contributed by atoms with van der Waals surface area (Å²) in [5.74, 6) is 2.74. The predicted molar refractivity (Wildman–Crippen MR) is 75.0 cm³/mol. The largest absolute Gasteiger partial charge is 0.391 e. The fourth-order valence-electron chi connectivity index (χ4n) is 3.66. The summed E-state index contributed by atoms with van der Waals surface area (Å²) < 4.78 is 5.97. The highest BCUT2D eigenvalue weighted by Crippen LogP contribution is 2.45. The van der Waals surface area contributed by atoms with Crippen LogP contribution in [0.5, 0.6) is 0 Å². The van der Waals surface area contributed by atoms with Gasteiger partial charge in [-0.15, -0.1) is 0 Å². The summed E-state index contributed by atoms with van der Waals surface area (Å²) in [6.45, 7) is 1.96. The van der Waals surface area contributed by atoms with Gasteiger partial charge < -0.3 is 9.84 Å². The summed E-state index contributed by atoms with van der Waals surface area (Å²) in [6, 6.07) is 0.351. The Hall–Kier alpha value is 0.230. The maximum Gasteiger partial charge on any atom is 0.0733 e. The van der Waals surface area contributed by atoms with Crippen LogP contribution in [0.15, 0.2) is 0 Å². The van der Waals surface area contributed by atoms with E-state index in [-0.39, 0.29) is 11.7 Å². The first-order chi connectivity index (χ1) is 8.70. The number of hydrogen-bond acceptors (Lipinski definition) is 4. The monoisotopic (exact) mass is 271 g/mol. The van der Waals surface area contributed by atoms with Gasteiger partial charge in [0.25, 0.3) is 0 Å². The fourth-order valence-corrected chi connectivity index (χ4v) is 4.93. The lowest BCUT2D eigenvalue weighted by molar-refractivity contribution is -0.161. The average Bonchev–Trinajstić information content (AvgIpc) is 2.37. The van der Waals surface area contributed by atoms with Crippen LogP contribution in [0.3, 0.4) is 0 Å². The minimum atomic E-state index is -0.163. The molecule has 1 saturated carbocycles. The van der Waals surface area contributed by atoms with Gasteiger partial charge in [0.15, 0.2) is 0 Å². The molecule has 3 aliphatic rings. The number of aliphatic hydroxyl groups excluding tert-OH is 1. The molecule has 3 atom stereocenters. The first-order valence-electron chi connectivity index (χ1n) is 7.30. The molecule has 0 radical (unpaired) electrons. The van der Waals surface area contributed by atoms with E-state index in [2.05, 4.69) is 11.9 Å². The Morgan fingerprint density at radius 2 is 2.28 bits per heavy atom. The summed E-state index contributed by atoms with van der Waals surface area (Å²) in [4.78, 5) is 2.35. The Morgan fingerprint density at radius 1 is 1.44 bits per heavy atom. The summed E-state index contributed by atoms with van der Waals surface area (Å²) in [5, 5.41) is 10.7. The zero-order valence-corrected chi connectivity index (χ0v) is 12.1. The molecule has 1 aliphatic carbocycles. The predicted octanol–water partition coefficient (Wildman–Crippen LogP) is 1.74. The van der Waals surface area contributed by atoms with Crippen LogP contribution >= 0.6 is 11.8 Å². The first kappa shape index (κ1) is 13.2. The van der Waals surface area contributed by atoms with Crippen LogP contribution in [-0.4, -0.2) is 59.5 Å². The molecule has 3 fully saturated rings. The van der Waals surface area contributed by atoms with Crippen molar-refractivity contribution >= 4 is 11.8 Å². The molecule has 3 nitrogen and oxygen atoms in total. The second-order valence-corrected chi connectivity index (χ2v) is 7.40. The molecular formula is C14H25NO2S. The summed E-state index contributed by atoms with van der Waals surface area (Å²) in [5.41, 5.74) is 0.157. The molecule has 0 aromatic rings. The molecule has 1 spiro atoms. The highest BCUT2D eigenvalue weighted by molar-refractivity contribution is 7.99. The van der Waals surface area contributed by atoms with Crippen molar-refractivity contribution in [2.45, 2.75) is 49.9 Å². The van der Waals surface area contributed by atoms with Gasteiger partial charge in [0.1, 0.15) is 0 Å². The van der Waals surface area contributed by atoms with Gasteiger partial charge in [-0.1, -0.05) is 0 Å². The van der Waals surface area contributed by atoms with E-state index >= 15 is 0 Å². The van der Waals surface area contributed by atoms with Crippen molar-refractivity contribution in [3.63, 3.8) is 0 Å². The normalized spacial score (nSPS) is 38.3. The molecule has 104 valence electrons. The molecule has 3 rings (SSSR count). The SMILES string of the molecule is CN1CCSCC1C(O)C1CCOC2(CCC2)C1. The van der Waals surface area contributed by atoms with Crippen molar-refractivity contribution in [3.8, 4) is 0 Å². The van der Waals surface area contributed by atoms with Gasteiger partial charge >= 0.3 is 0 Å². The standard InChI is InChI=1S/C14H25NO2S/c1-15-6-8-18-10-12(15)13(16)11-3-7-17-14(9-11)4-2-5-14/h11-13,16H,2-10H2,1H3. The van der Waals surface area contributed by atoms with E-state index in [0.717, 1.165) is 31.7 Å². The van der Waals surface area contributed by atoms with Crippen LogP contribution in [0.1, 0.15) is 32.1 Å².